The van der Waals surface area contributed by atoms with Crippen LogP contribution < -0.4 is 10.9 Å². The van der Waals surface area contributed by atoms with Gasteiger partial charge in [0.05, 0.1) is 12.1 Å². The summed E-state index contributed by atoms with van der Waals surface area (Å²) in [5, 5.41) is 0. The van der Waals surface area contributed by atoms with Crippen molar-refractivity contribution in [2.75, 3.05) is 19.6 Å². The maximum absolute atomic E-state index is 13.2. The maximum atomic E-state index is 13.2. The third kappa shape index (κ3) is 4.00. The molecule has 5 rings (SSSR count). The molecule has 30 heavy (non-hydrogen) atoms. The van der Waals surface area contributed by atoms with Gasteiger partial charge in [0.1, 0.15) is 0 Å². The first-order valence-electron chi connectivity index (χ1n) is 11.8. The zero-order valence-corrected chi connectivity index (χ0v) is 17.8. The third-order valence-electron chi connectivity index (χ3n) is 7.78. The largest absolute Gasteiger partial charge is 0.342 e. The Hall–Kier alpha value is -1.92. The normalized spacial score (nSPS) is 32.5. The van der Waals surface area contributed by atoms with E-state index in [1.54, 1.807) is 0 Å². The van der Waals surface area contributed by atoms with Crippen LogP contribution in [-0.4, -0.2) is 53.5 Å². The predicted molar refractivity (Wildman–Crippen MR) is 115 cm³/mol. The minimum Gasteiger partial charge on any atom is -0.342 e. The van der Waals surface area contributed by atoms with Crippen molar-refractivity contribution in [3.63, 3.8) is 0 Å². The van der Waals surface area contributed by atoms with Gasteiger partial charge in [-0.05, 0) is 43.6 Å². The molecule has 162 valence electrons. The summed E-state index contributed by atoms with van der Waals surface area (Å²) in [4.78, 5) is 29.9. The lowest BCUT2D eigenvalue weighted by Crippen LogP contribution is -2.49. The number of amides is 2. The molecular weight excluding hydrogens is 376 g/mol. The van der Waals surface area contributed by atoms with E-state index in [4.69, 9.17) is 0 Å². The number of hydrazine groups is 1. The highest BCUT2D eigenvalue weighted by molar-refractivity contribution is 5.89. The zero-order valence-electron chi connectivity index (χ0n) is 17.8. The van der Waals surface area contributed by atoms with Gasteiger partial charge in [-0.2, -0.15) is 0 Å². The Bertz CT molecular complexity index is 762. The molecule has 1 aromatic carbocycles. The minimum atomic E-state index is -0.174. The number of fused-ring (bicyclic) bond motifs is 1. The quantitative estimate of drug-likeness (QED) is 0.800. The van der Waals surface area contributed by atoms with Crippen LogP contribution in [0.4, 0.5) is 0 Å². The van der Waals surface area contributed by atoms with Gasteiger partial charge in [-0.1, -0.05) is 43.2 Å². The van der Waals surface area contributed by atoms with Gasteiger partial charge in [-0.25, -0.2) is 5.43 Å². The van der Waals surface area contributed by atoms with Crippen LogP contribution in [0, 0.1) is 17.8 Å². The summed E-state index contributed by atoms with van der Waals surface area (Å²) < 4.78 is 0. The Morgan fingerprint density at radius 2 is 1.77 bits per heavy atom. The number of carbonyl (C=O) groups is 2. The molecule has 4 fully saturated rings. The van der Waals surface area contributed by atoms with Crippen LogP contribution in [0.5, 0.6) is 0 Å². The number of benzene rings is 1. The molecule has 3 saturated heterocycles. The van der Waals surface area contributed by atoms with Crippen LogP contribution in [0.25, 0.3) is 0 Å². The highest BCUT2D eigenvalue weighted by Crippen LogP contribution is 2.34. The fourth-order valence-corrected chi connectivity index (χ4v) is 6.05. The van der Waals surface area contributed by atoms with E-state index in [1.165, 1.54) is 24.8 Å². The Balaban J connectivity index is 1.14. The van der Waals surface area contributed by atoms with E-state index < -0.39 is 0 Å². The summed E-state index contributed by atoms with van der Waals surface area (Å²) in [6.07, 6.45) is 8.48. The van der Waals surface area contributed by atoms with Gasteiger partial charge < -0.3 is 9.80 Å². The standard InChI is InChI=1S/C24H34N4O2/c29-22-15-19(16-28(22)23-20-8-4-5-9-21(20)25-26-23)24(30)27-12-10-18(11-13-27)14-17-6-2-1-3-7-17/h1-3,6-7,18-21,23,25-26H,4-5,8-16H2. The molecule has 0 aromatic heterocycles. The molecule has 2 N–H and O–H groups in total. The number of piperidine rings is 1. The second kappa shape index (κ2) is 8.67. The van der Waals surface area contributed by atoms with Crippen LogP contribution in [0.3, 0.4) is 0 Å². The van der Waals surface area contributed by atoms with E-state index in [-0.39, 0.29) is 23.9 Å². The van der Waals surface area contributed by atoms with E-state index in [0.29, 0.717) is 30.8 Å². The summed E-state index contributed by atoms with van der Waals surface area (Å²) in [6, 6.07) is 11.1. The first-order chi connectivity index (χ1) is 14.7. The summed E-state index contributed by atoms with van der Waals surface area (Å²) in [7, 11) is 0. The van der Waals surface area contributed by atoms with E-state index in [9.17, 15) is 9.59 Å². The molecule has 1 aliphatic carbocycles. The van der Waals surface area contributed by atoms with Crippen molar-refractivity contribution < 1.29 is 9.59 Å². The monoisotopic (exact) mass is 410 g/mol. The van der Waals surface area contributed by atoms with Crippen molar-refractivity contribution in [2.45, 2.75) is 63.6 Å². The Morgan fingerprint density at radius 1 is 1.00 bits per heavy atom. The van der Waals surface area contributed by atoms with Crippen LogP contribution >= 0.6 is 0 Å². The van der Waals surface area contributed by atoms with Crippen LogP contribution in [0.2, 0.25) is 0 Å². The average Bonchev–Trinajstić information content (AvgIpc) is 3.38. The smallest absolute Gasteiger partial charge is 0.227 e. The van der Waals surface area contributed by atoms with Crippen molar-refractivity contribution >= 4 is 11.8 Å². The first-order valence-corrected chi connectivity index (χ1v) is 11.8. The number of carbonyl (C=O) groups excluding carboxylic acids is 2. The van der Waals surface area contributed by atoms with E-state index in [1.807, 2.05) is 9.80 Å². The highest BCUT2D eigenvalue weighted by atomic mass is 16.2. The molecule has 0 spiro atoms. The first kappa shape index (κ1) is 20.0. The molecule has 3 heterocycles. The van der Waals surface area contributed by atoms with Crippen LogP contribution in [0.15, 0.2) is 30.3 Å². The lowest BCUT2D eigenvalue weighted by Gasteiger charge is -2.34. The fourth-order valence-electron chi connectivity index (χ4n) is 6.05. The lowest BCUT2D eigenvalue weighted by atomic mass is 9.84. The molecule has 3 aliphatic heterocycles. The van der Waals surface area contributed by atoms with Crippen molar-refractivity contribution in [1.82, 2.24) is 20.7 Å². The molecule has 0 bridgehead atoms. The van der Waals surface area contributed by atoms with Crippen LogP contribution in [-0.2, 0) is 16.0 Å². The highest BCUT2D eigenvalue weighted by Gasteiger charge is 2.46. The van der Waals surface area contributed by atoms with Crippen molar-refractivity contribution in [1.29, 1.82) is 0 Å². The maximum Gasteiger partial charge on any atom is 0.227 e. The van der Waals surface area contributed by atoms with Gasteiger partial charge in [-0.15, -0.1) is 0 Å². The van der Waals surface area contributed by atoms with Gasteiger partial charge in [0, 0.05) is 38.0 Å². The SMILES string of the molecule is O=C(C1CC(=O)N(C2NNC3CCCCC32)C1)N1CCC(Cc2ccccc2)CC1. The molecule has 4 aliphatic rings. The second-order valence-corrected chi connectivity index (χ2v) is 9.69. The number of hydrogen-bond donors (Lipinski definition) is 2. The second-order valence-electron chi connectivity index (χ2n) is 9.69. The number of nitrogens with zero attached hydrogens (tertiary/aromatic N) is 2. The van der Waals surface area contributed by atoms with Crippen molar-refractivity contribution in [2.24, 2.45) is 17.8 Å². The number of hydrogen-bond acceptors (Lipinski definition) is 4. The molecular formula is C24H34N4O2. The van der Waals surface area contributed by atoms with Gasteiger partial charge in [-0.3, -0.25) is 15.0 Å². The van der Waals surface area contributed by atoms with Gasteiger partial charge >= 0.3 is 0 Å². The Labute approximate surface area is 179 Å². The van der Waals surface area contributed by atoms with Gasteiger partial charge in [0.15, 0.2) is 0 Å². The summed E-state index contributed by atoms with van der Waals surface area (Å²) in [5.41, 5.74) is 8.16. The molecule has 1 saturated carbocycles. The molecule has 6 heteroatoms. The molecule has 6 nitrogen and oxygen atoms in total. The van der Waals surface area contributed by atoms with E-state index >= 15 is 0 Å². The molecule has 0 radical (unpaired) electrons. The number of rotatable bonds is 4. The Kier molecular flexibility index (Phi) is 5.79. The van der Waals surface area contributed by atoms with Gasteiger partial charge in [0.25, 0.3) is 0 Å². The lowest BCUT2D eigenvalue weighted by molar-refractivity contribution is -0.137. The molecule has 2 amide bonds. The summed E-state index contributed by atoms with van der Waals surface area (Å²) in [5.74, 6) is 1.28. The van der Waals surface area contributed by atoms with Crippen molar-refractivity contribution in [3.8, 4) is 0 Å². The molecule has 1 aromatic rings. The minimum absolute atomic E-state index is 0.0530. The average molecular weight is 411 g/mol. The third-order valence-corrected chi connectivity index (χ3v) is 7.78. The number of likely N-dealkylation sites (tertiary alicyclic amines) is 2. The summed E-state index contributed by atoms with van der Waals surface area (Å²) in [6.45, 7) is 2.23. The number of nitrogens with one attached hydrogen (secondary N) is 2. The van der Waals surface area contributed by atoms with E-state index in [2.05, 4.69) is 41.2 Å². The topological polar surface area (TPSA) is 64.7 Å². The molecule has 4 atom stereocenters. The van der Waals surface area contributed by atoms with Gasteiger partial charge in [0.2, 0.25) is 11.8 Å². The van der Waals surface area contributed by atoms with Crippen molar-refractivity contribution in [3.05, 3.63) is 35.9 Å². The fraction of sp³-hybridized carbons (Fsp3) is 0.667. The molecule has 4 unspecified atom stereocenters. The predicted octanol–water partition coefficient (Wildman–Crippen LogP) is 2.31. The van der Waals surface area contributed by atoms with Crippen LogP contribution in [0.1, 0.15) is 50.5 Å². The van der Waals surface area contributed by atoms with E-state index in [0.717, 1.165) is 38.8 Å². The Morgan fingerprint density at radius 3 is 2.57 bits per heavy atom. The summed E-state index contributed by atoms with van der Waals surface area (Å²) >= 11 is 0. The zero-order chi connectivity index (χ0) is 20.5.